The van der Waals surface area contributed by atoms with Crippen molar-refractivity contribution in [2.24, 2.45) is 0 Å². The average molecular weight is 482 g/mol. The molecule has 0 spiro atoms. The molecule has 3 atom stereocenters. The maximum absolute atomic E-state index is 15.0. The Labute approximate surface area is 202 Å². The predicted molar refractivity (Wildman–Crippen MR) is 132 cm³/mol. The van der Waals surface area contributed by atoms with E-state index in [0.717, 1.165) is 32.7 Å². The van der Waals surface area contributed by atoms with Crippen LogP contribution in [0, 0.1) is 6.92 Å². The fourth-order valence-electron chi connectivity index (χ4n) is 4.58. The molecule has 0 bridgehead atoms. The van der Waals surface area contributed by atoms with E-state index in [1.54, 1.807) is 0 Å². The van der Waals surface area contributed by atoms with E-state index in [1.165, 1.54) is 11.8 Å². The number of halogens is 1. The number of fused-ring (bicyclic) bond motifs is 2. The van der Waals surface area contributed by atoms with Crippen LogP contribution in [0.4, 0.5) is 10.2 Å². The number of aliphatic hydroxyl groups is 1. The third kappa shape index (κ3) is 5.07. The van der Waals surface area contributed by atoms with Crippen LogP contribution in [-0.2, 0) is 11.3 Å². The summed E-state index contributed by atoms with van der Waals surface area (Å²) >= 11 is 1.47. The highest BCUT2D eigenvalue weighted by atomic mass is 32.2. The summed E-state index contributed by atoms with van der Waals surface area (Å²) in [7, 11) is 0. The second-order valence-electron chi connectivity index (χ2n) is 8.93. The second-order valence-corrected chi connectivity index (χ2v) is 9.94. The van der Waals surface area contributed by atoms with Crippen molar-refractivity contribution in [1.29, 1.82) is 0 Å². The number of likely N-dealkylation sites (tertiary alicyclic amines) is 1. The molecule has 2 aliphatic heterocycles. The van der Waals surface area contributed by atoms with Gasteiger partial charge in [-0.3, -0.25) is 14.7 Å². The molecule has 3 N–H and O–H groups in total. The zero-order valence-corrected chi connectivity index (χ0v) is 19.8. The summed E-state index contributed by atoms with van der Waals surface area (Å²) in [5.74, 6) is 0.932. The van der Waals surface area contributed by atoms with Crippen molar-refractivity contribution in [1.82, 2.24) is 20.2 Å². The van der Waals surface area contributed by atoms with E-state index in [9.17, 15) is 9.90 Å². The first-order valence-electron chi connectivity index (χ1n) is 11.5. The molecule has 0 unspecified atom stereocenters. The summed E-state index contributed by atoms with van der Waals surface area (Å²) in [6.07, 6.45) is -1.15. The molecule has 0 aliphatic carbocycles. The Hall–Kier alpha value is -2.59. The molecule has 0 saturated carbocycles. The number of piperidine rings is 1. The number of anilines is 1. The van der Waals surface area contributed by atoms with Gasteiger partial charge >= 0.3 is 0 Å². The number of rotatable bonds is 6. The number of aryl methyl sites for hydroxylation is 1. The van der Waals surface area contributed by atoms with Gasteiger partial charge in [0.2, 0.25) is 5.91 Å². The van der Waals surface area contributed by atoms with Crippen LogP contribution in [-0.4, -0.2) is 63.5 Å². The highest BCUT2D eigenvalue weighted by Gasteiger charge is 2.30. The van der Waals surface area contributed by atoms with Gasteiger partial charge in [-0.25, -0.2) is 9.37 Å². The van der Waals surface area contributed by atoms with Crippen LogP contribution < -0.4 is 10.6 Å². The van der Waals surface area contributed by atoms with E-state index in [4.69, 9.17) is 0 Å². The number of thioether (sulfide) groups is 1. The van der Waals surface area contributed by atoms with Gasteiger partial charge in [0.05, 0.1) is 28.0 Å². The minimum absolute atomic E-state index is 0.0529. The standard InChI is InChI=1S/C25H28FN5O2S/c1-15-5-6-16-3-2-4-18(24(16)28-15)21(32)13-31-10-9-20(19(26)12-31)27-11-17-7-8-22-25(29-17)30-23(33)14-34-22/h2-8,19-21,27,32H,9-14H2,1H3,(H,29,30,33)/t19-,20+,21-/m0/s1. The SMILES string of the molecule is Cc1ccc2cccc([C@@H](O)CN3CC[C@@H](NCc4ccc5c(n4)NC(=O)CS5)[C@@H](F)C3)c2n1. The highest BCUT2D eigenvalue weighted by Crippen LogP contribution is 2.30. The molecule has 178 valence electrons. The minimum Gasteiger partial charge on any atom is -0.387 e. The first-order chi connectivity index (χ1) is 16.5. The van der Waals surface area contributed by atoms with E-state index >= 15 is 4.39 Å². The van der Waals surface area contributed by atoms with Crippen LogP contribution in [0.3, 0.4) is 0 Å². The summed E-state index contributed by atoms with van der Waals surface area (Å²) in [4.78, 5) is 23.6. The van der Waals surface area contributed by atoms with Crippen LogP contribution in [0.5, 0.6) is 0 Å². The number of β-amino-alcohol motifs (C(OH)–C–C–N with tert-alkyl or cyclic N) is 1. The van der Waals surface area contributed by atoms with Gasteiger partial charge in [-0.2, -0.15) is 0 Å². The van der Waals surface area contributed by atoms with Crippen LogP contribution in [0.2, 0.25) is 0 Å². The van der Waals surface area contributed by atoms with Gasteiger partial charge in [0.15, 0.2) is 0 Å². The molecule has 2 aliphatic rings. The van der Waals surface area contributed by atoms with Gasteiger partial charge in [0.25, 0.3) is 0 Å². The number of aromatic nitrogens is 2. The molecular weight excluding hydrogens is 453 g/mol. The smallest absolute Gasteiger partial charge is 0.235 e. The molecule has 1 fully saturated rings. The van der Waals surface area contributed by atoms with E-state index in [1.807, 2.05) is 54.3 Å². The zero-order valence-electron chi connectivity index (χ0n) is 19.0. The maximum Gasteiger partial charge on any atom is 0.235 e. The predicted octanol–water partition coefficient (Wildman–Crippen LogP) is 3.22. The number of aliphatic hydroxyl groups excluding tert-OH is 1. The summed E-state index contributed by atoms with van der Waals surface area (Å²) in [5.41, 5.74) is 3.25. The molecule has 9 heteroatoms. The Kier molecular flexibility index (Phi) is 6.78. The summed E-state index contributed by atoms with van der Waals surface area (Å²) < 4.78 is 15.0. The molecule has 1 amide bonds. The van der Waals surface area contributed by atoms with Gasteiger partial charge in [0, 0.05) is 42.3 Å². The van der Waals surface area contributed by atoms with E-state index in [0.29, 0.717) is 37.6 Å². The number of carbonyl (C=O) groups excluding carboxylic acids is 1. The quantitative estimate of drug-likeness (QED) is 0.498. The number of pyridine rings is 2. The van der Waals surface area contributed by atoms with Gasteiger partial charge < -0.3 is 15.7 Å². The number of hydrogen-bond acceptors (Lipinski definition) is 7. The lowest BCUT2D eigenvalue weighted by atomic mass is 10.00. The lowest BCUT2D eigenvalue weighted by molar-refractivity contribution is -0.113. The summed E-state index contributed by atoms with van der Waals surface area (Å²) in [6.45, 7) is 3.68. The third-order valence-electron chi connectivity index (χ3n) is 6.38. The molecule has 0 radical (unpaired) electrons. The van der Waals surface area contributed by atoms with E-state index in [2.05, 4.69) is 20.6 Å². The molecule has 2 aromatic heterocycles. The number of hydrogen-bond donors (Lipinski definition) is 3. The van der Waals surface area contributed by atoms with E-state index in [-0.39, 0.29) is 18.5 Å². The summed E-state index contributed by atoms with van der Waals surface area (Å²) in [5, 5.41) is 18.0. The fourth-order valence-corrected chi connectivity index (χ4v) is 5.34. The minimum atomic E-state index is -1.05. The molecule has 1 aromatic carbocycles. The molecule has 4 heterocycles. The van der Waals surface area contributed by atoms with Crippen molar-refractivity contribution in [3.8, 4) is 0 Å². The zero-order chi connectivity index (χ0) is 23.7. The molecule has 7 nitrogen and oxygen atoms in total. The molecule has 3 aromatic rings. The van der Waals surface area contributed by atoms with Gasteiger partial charge in [-0.1, -0.05) is 24.3 Å². The number of amides is 1. The largest absolute Gasteiger partial charge is 0.387 e. The Morgan fingerprint density at radius 3 is 3.00 bits per heavy atom. The normalized spacial score (nSPS) is 21.8. The molecule has 5 rings (SSSR count). The molecule has 1 saturated heterocycles. The Bertz CT molecular complexity index is 1210. The molecule has 34 heavy (non-hydrogen) atoms. The van der Waals surface area contributed by atoms with Crippen molar-refractivity contribution < 1.29 is 14.3 Å². The van der Waals surface area contributed by atoms with Crippen molar-refractivity contribution in [2.45, 2.75) is 43.1 Å². The van der Waals surface area contributed by atoms with Crippen molar-refractivity contribution in [3.63, 3.8) is 0 Å². The number of carbonyl (C=O) groups is 1. The number of alkyl halides is 1. The first-order valence-corrected chi connectivity index (χ1v) is 12.5. The Balaban J connectivity index is 1.17. The Morgan fingerprint density at radius 1 is 1.26 bits per heavy atom. The number of nitrogens with zero attached hydrogens (tertiary/aromatic N) is 3. The molecular formula is C25H28FN5O2S. The maximum atomic E-state index is 15.0. The van der Waals surface area contributed by atoms with Gasteiger partial charge in [-0.15, -0.1) is 11.8 Å². The number of nitrogens with one attached hydrogen (secondary N) is 2. The second kappa shape index (κ2) is 9.95. The van der Waals surface area contributed by atoms with Crippen LogP contribution in [0.1, 0.15) is 29.5 Å². The monoisotopic (exact) mass is 481 g/mol. The van der Waals surface area contributed by atoms with Crippen molar-refractivity contribution in [3.05, 3.63) is 59.4 Å². The summed E-state index contributed by atoms with van der Waals surface area (Å²) in [6, 6.07) is 13.3. The lowest BCUT2D eigenvalue weighted by Gasteiger charge is -2.36. The van der Waals surface area contributed by atoms with E-state index < -0.39 is 12.3 Å². The van der Waals surface area contributed by atoms with Crippen LogP contribution in [0.25, 0.3) is 10.9 Å². The number of para-hydroxylation sites is 1. The topological polar surface area (TPSA) is 90.4 Å². The van der Waals surface area contributed by atoms with Crippen molar-refractivity contribution >= 4 is 34.4 Å². The third-order valence-corrected chi connectivity index (χ3v) is 7.43. The van der Waals surface area contributed by atoms with Gasteiger partial charge in [0.1, 0.15) is 12.0 Å². The highest BCUT2D eigenvalue weighted by molar-refractivity contribution is 8.00. The van der Waals surface area contributed by atoms with Crippen molar-refractivity contribution in [2.75, 3.05) is 30.7 Å². The fraction of sp³-hybridized carbons (Fsp3) is 0.400. The van der Waals surface area contributed by atoms with Crippen LogP contribution >= 0.6 is 11.8 Å². The lowest BCUT2D eigenvalue weighted by Crippen LogP contribution is -2.51. The number of benzene rings is 1. The first kappa shape index (κ1) is 23.2. The van der Waals surface area contributed by atoms with Crippen LogP contribution in [0.15, 0.2) is 47.4 Å². The average Bonchev–Trinajstić information content (AvgIpc) is 2.82. The van der Waals surface area contributed by atoms with Gasteiger partial charge in [-0.05, 0) is 38.1 Å². The Morgan fingerprint density at radius 2 is 2.15 bits per heavy atom.